The summed E-state index contributed by atoms with van der Waals surface area (Å²) in [6, 6.07) is 1.82. The minimum Gasteiger partial charge on any atom is -0.481 e. The van der Waals surface area contributed by atoms with Crippen molar-refractivity contribution in [1.82, 2.24) is 4.98 Å². The number of hydrogen-bond donors (Lipinski definition) is 1. The lowest BCUT2D eigenvalue weighted by Crippen LogP contribution is -2.04. The molecule has 0 saturated carbocycles. The lowest BCUT2D eigenvalue weighted by atomic mass is 10.1. The van der Waals surface area contributed by atoms with Crippen molar-refractivity contribution >= 4 is 17.6 Å². The van der Waals surface area contributed by atoms with Gasteiger partial charge in [-0.05, 0) is 25.5 Å². The average molecular weight is 200 g/mol. The van der Waals surface area contributed by atoms with Gasteiger partial charge in [0.25, 0.3) is 0 Å². The predicted octanol–water partition coefficient (Wildman–Crippen LogP) is 1.98. The summed E-state index contributed by atoms with van der Waals surface area (Å²) in [5.41, 5.74) is 2.27. The van der Waals surface area contributed by atoms with Gasteiger partial charge in [0.05, 0.1) is 6.42 Å². The number of rotatable bonds is 2. The van der Waals surface area contributed by atoms with E-state index in [2.05, 4.69) is 4.98 Å². The van der Waals surface area contributed by atoms with Gasteiger partial charge in [-0.25, -0.2) is 4.98 Å². The zero-order valence-electron chi connectivity index (χ0n) is 7.47. The van der Waals surface area contributed by atoms with Crippen LogP contribution >= 0.6 is 11.6 Å². The van der Waals surface area contributed by atoms with E-state index in [9.17, 15) is 4.79 Å². The maximum atomic E-state index is 10.5. The highest BCUT2D eigenvalue weighted by Gasteiger charge is 2.10. The topological polar surface area (TPSA) is 50.2 Å². The number of carbonyl (C=O) groups is 1. The number of pyridine rings is 1. The minimum atomic E-state index is -0.893. The first-order valence-electron chi connectivity index (χ1n) is 3.85. The Bertz CT molecular complexity index is 326. The van der Waals surface area contributed by atoms with Crippen LogP contribution < -0.4 is 0 Å². The second-order valence-corrected chi connectivity index (χ2v) is 3.28. The summed E-state index contributed by atoms with van der Waals surface area (Å²) in [7, 11) is 0. The second-order valence-electron chi connectivity index (χ2n) is 2.92. The van der Waals surface area contributed by atoms with Gasteiger partial charge >= 0.3 is 5.97 Å². The van der Waals surface area contributed by atoms with Gasteiger partial charge in [-0.2, -0.15) is 0 Å². The molecule has 0 atom stereocenters. The molecule has 0 aromatic carbocycles. The lowest BCUT2D eigenvalue weighted by molar-refractivity contribution is -0.136. The van der Waals surface area contributed by atoms with Gasteiger partial charge in [0.15, 0.2) is 0 Å². The molecule has 1 aromatic rings. The molecule has 0 fully saturated rings. The number of carboxylic acids is 1. The highest BCUT2D eigenvalue weighted by atomic mass is 35.5. The first-order valence-corrected chi connectivity index (χ1v) is 4.23. The summed E-state index contributed by atoms with van der Waals surface area (Å²) in [5, 5.41) is 8.89. The van der Waals surface area contributed by atoms with Crippen molar-refractivity contribution in [3.8, 4) is 0 Å². The van der Waals surface area contributed by atoms with Crippen LogP contribution in [0.25, 0.3) is 0 Å². The van der Waals surface area contributed by atoms with Gasteiger partial charge in [-0.1, -0.05) is 11.6 Å². The standard InChI is InChI=1S/C9H10ClNO2/c1-5-3-6(2)11-9(10)7(5)4-8(12)13/h3H,4H2,1-2H3,(H,12,13). The van der Waals surface area contributed by atoms with E-state index in [1.807, 2.05) is 19.9 Å². The predicted molar refractivity (Wildman–Crippen MR) is 50.1 cm³/mol. The monoisotopic (exact) mass is 199 g/mol. The second kappa shape index (κ2) is 3.75. The Hall–Kier alpha value is -1.09. The van der Waals surface area contributed by atoms with Crippen molar-refractivity contribution < 1.29 is 9.90 Å². The summed E-state index contributed by atoms with van der Waals surface area (Å²) in [5.74, 6) is -0.893. The molecule has 70 valence electrons. The lowest BCUT2D eigenvalue weighted by Gasteiger charge is -2.05. The SMILES string of the molecule is Cc1cc(C)c(CC(=O)O)c(Cl)n1. The number of aliphatic carboxylic acids is 1. The van der Waals surface area contributed by atoms with Crippen LogP contribution in [0.3, 0.4) is 0 Å². The zero-order valence-corrected chi connectivity index (χ0v) is 8.22. The normalized spacial score (nSPS) is 10.1. The molecule has 0 radical (unpaired) electrons. The molecule has 0 bridgehead atoms. The summed E-state index contributed by atoms with van der Waals surface area (Å²) in [6.07, 6.45) is -0.0715. The highest BCUT2D eigenvalue weighted by molar-refractivity contribution is 6.30. The third kappa shape index (κ3) is 2.42. The van der Waals surface area contributed by atoms with E-state index in [0.29, 0.717) is 10.7 Å². The molecule has 0 unspecified atom stereocenters. The molecule has 13 heavy (non-hydrogen) atoms. The maximum absolute atomic E-state index is 10.5. The number of nitrogens with zero attached hydrogens (tertiary/aromatic N) is 1. The molecule has 4 heteroatoms. The van der Waals surface area contributed by atoms with Crippen LogP contribution in [0.5, 0.6) is 0 Å². The highest BCUT2D eigenvalue weighted by Crippen LogP contribution is 2.18. The van der Waals surface area contributed by atoms with Gasteiger partial charge in [-0.15, -0.1) is 0 Å². The molecular weight excluding hydrogens is 190 g/mol. The summed E-state index contributed by atoms with van der Waals surface area (Å²) in [6.45, 7) is 3.66. The van der Waals surface area contributed by atoms with E-state index in [4.69, 9.17) is 16.7 Å². The molecule has 1 heterocycles. The molecule has 1 rings (SSSR count). The van der Waals surface area contributed by atoms with E-state index in [0.717, 1.165) is 11.3 Å². The van der Waals surface area contributed by atoms with Gasteiger partial charge in [0.2, 0.25) is 0 Å². The van der Waals surface area contributed by atoms with E-state index in [1.165, 1.54) is 0 Å². The van der Waals surface area contributed by atoms with Crippen molar-refractivity contribution in [2.75, 3.05) is 0 Å². The molecule has 0 aliphatic carbocycles. The van der Waals surface area contributed by atoms with Crippen molar-refractivity contribution in [1.29, 1.82) is 0 Å². The van der Waals surface area contributed by atoms with E-state index in [-0.39, 0.29) is 6.42 Å². The van der Waals surface area contributed by atoms with Gasteiger partial charge in [-0.3, -0.25) is 4.79 Å². The summed E-state index contributed by atoms with van der Waals surface area (Å²) in [4.78, 5) is 14.5. The molecular formula is C9H10ClNO2. The molecule has 0 spiro atoms. The Morgan fingerprint density at radius 2 is 2.23 bits per heavy atom. The third-order valence-corrected chi connectivity index (χ3v) is 2.07. The van der Waals surface area contributed by atoms with Crippen molar-refractivity contribution in [3.63, 3.8) is 0 Å². The van der Waals surface area contributed by atoms with Crippen molar-refractivity contribution in [2.24, 2.45) is 0 Å². The molecule has 3 nitrogen and oxygen atoms in total. The molecule has 0 amide bonds. The van der Waals surface area contributed by atoms with Crippen LogP contribution in [-0.2, 0) is 11.2 Å². The smallest absolute Gasteiger partial charge is 0.307 e. The first kappa shape index (κ1) is 9.99. The fourth-order valence-corrected chi connectivity index (χ4v) is 1.53. The Morgan fingerprint density at radius 1 is 1.62 bits per heavy atom. The van der Waals surface area contributed by atoms with Crippen molar-refractivity contribution in [3.05, 3.63) is 28.0 Å². The van der Waals surface area contributed by atoms with Crippen LogP contribution in [0.15, 0.2) is 6.07 Å². The Labute approximate surface area is 81.4 Å². The Balaban J connectivity index is 3.13. The van der Waals surface area contributed by atoms with Gasteiger partial charge in [0, 0.05) is 11.3 Å². The molecule has 1 aromatic heterocycles. The van der Waals surface area contributed by atoms with Crippen LogP contribution in [0, 0.1) is 13.8 Å². The molecule has 0 aliphatic rings. The number of carboxylic acid groups (broad SMARTS) is 1. The quantitative estimate of drug-likeness (QED) is 0.741. The van der Waals surface area contributed by atoms with Gasteiger partial charge in [0.1, 0.15) is 5.15 Å². The number of aromatic nitrogens is 1. The van der Waals surface area contributed by atoms with Crippen LogP contribution in [0.2, 0.25) is 5.15 Å². The zero-order chi connectivity index (χ0) is 10.0. The van der Waals surface area contributed by atoms with E-state index >= 15 is 0 Å². The molecule has 1 N–H and O–H groups in total. The molecule has 0 saturated heterocycles. The van der Waals surface area contributed by atoms with Crippen LogP contribution in [-0.4, -0.2) is 16.1 Å². The van der Waals surface area contributed by atoms with Gasteiger partial charge < -0.3 is 5.11 Å². The minimum absolute atomic E-state index is 0.0715. The van der Waals surface area contributed by atoms with Crippen molar-refractivity contribution in [2.45, 2.75) is 20.3 Å². The van der Waals surface area contributed by atoms with E-state index < -0.39 is 5.97 Å². The maximum Gasteiger partial charge on any atom is 0.307 e. The Morgan fingerprint density at radius 3 is 2.69 bits per heavy atom. The van der Waals surface area contributed by atoms with E-state index in [1.54, 1.807) is 0 Å². The number of halogens is 1. The van der Waals surface area contributed by atoms with Crippen LogP contribution in [0.1, 0.15) is 16.8 Å². The third-order valence-electron chi connectivity index (χ3n) is 1.75. The number of aryl methyl sites for hydroxylation is 2. The number of hydrogen-bond acceptors (Lipinski definition) is 2. The fraction of sp³-hybridized carbons (Fsp3) is 0.333. The fourth-order valence-electron chi connectivity index (χ4n) is 1.18. The van der Waals surface area contributed by atoms with Crippen LogP contribution in [0.4, 0.5) is 0 Å². The first-order chi connectivity index (χ1) is 6.00. The average Bonchev–Trinajstić information content (AvgIpc) is 1.96. The summed E-state index contributed by atoms with van der Waals surface area (Å²) >= 11 is 5.80. The largest absolute Gasteiger partial charge is 0.481 e. The Kier molecular flexibility index (Phi) is 2.88. The summed E-state index contributed by atoms with van der Waals surface area (Å²) < 4.78 is 0. The molecule has 0 aliphatic heterocycles.